The number of amides is 4. The fourth-order valence-corrected chi connectivity index (χ4v) is 4.80. The van der Waals surface area contributed by atoms with Gasteiger partial charge in [-0.1, -0.05) is 6.07 Å². The van der Waals surface area contributed by atoms with Crippen LogP contribution >= 0.6 is 0 Å². The second-order valence-electron chi connectivity index (χ2n) is 10.1. The van der Waals surface area contributed by atoms with Crippen molar-refractivity contribution in [3.63, 3.8) is 0 Å². The summed E-state index contributed by atoms with van der Waals surface area (Å²) in [6.45, 7) is 5.88. The van der Waals surface area contributed by atoms with Crippen LogP contribution in [0.25, 0.3) is 0 Å². The molecule has 4 rings (SSSR count). The van der Waals surface area contributed by atoms with E-state index in [1.54, 1.807) is 11.0 Å². The Morgan fingerprint density at radius 1 is 1.06 bits per heavy atom. The van der Waals surface area contributed by atoms with Gasteiger partial charge in [0.2, 0.25) is 11.8 Å². The van der Waals surface area contributed by atoms with Gasteiger partial charge in [0.1, 0.15) is 11.6 Å². The molecule has 9 nitrogen and oxygen atoms in total. The summed E-state index contributed by atoms with van der Waals surface area (Å²) in [7, 11) is 0. The topological polar surface area (TPSA) is 117 Å². The molecule has 1 aromatic carbocycles. The summed E-state index contributed by atoms with van der Waals surface area (Å²) < 4.78 is 5.35. The lowest BCUT2D eigenvalue weighted by Crippen LogP contribution is -2.52. The Morgan fingerprint density at radius 2 is 1.76 bits per heavy atom. The number of nitrogens with zero attached hydrogens (tertiary/aromatic N) is 1. The van der Waals surface area contributed by atoms with Crippen LogP contribution in [0.15, 0.2) is 18.2 Å². The van der Waals surface area contributed by atoms with Crippen LogP contribution in [0.5, 0.6) is 0 Å². The normalized spacial score (nSPS) is 25.4. The van der Waals surface area contributed by atoms with Crippen molar-refractivity contribution in [2.24, 2.45) is 0 Å². The number of hydrogen-bond donors (Lipinski definition) is 3. The predicted molar refractivity (Wildman–Crippen MR) is 122 cm³/mol. The number of nitrogens with one attached hydrogen (secondary N) is 3. The largest absolute Gasteiger partial charge is 0.444 e. The number of rotatable bonds is 4. The van der Waals surface area contributed by atoms with Crippen molar-refractivity contribution < 1.29 is 23.9 Å². The SMILES string of the molecule is CC(C)(C)OC(=O)NC1CCC(Nc2cccc3c2CN(C2CCC(=O)NC2=O)C3=O)CC1. The number of imide groups is 1. The maximum absolute atomic E-state index is 13.0. The summed E-state index contributed by atoms with van der Waals surface area (Å²) in [5.74, 6) is -0.870. The first-order chi connectivity index (χ1) is 15.6. The van der Waals surface area contributed by atoms with E-state index in [1.807, 2.05) is 32.9 Å². The maximum Gasteiger partial charge on any atom is 0.407 e. The van der Waals surface area contributed by atoms with Gasteiger partial charge in [-0.25, -0.2) is 4.79 Å². The van der Waals surface area contributed by atoms with Gasteiger partial charge < -0.3 is 20.3 Å². The summed E-state index contributed by atoms with van der Waals surface area (Å²) in [4.78, 5) is 50.4. The summed E-state index contributed by atoms with van der Waals surface area (Å²) in [6, 6.07) is 5.30. The molecule has 3 N–H and O–H groups in total. The zero-order valence-electron chi connectivity index (χ0n) is 19.4. The Labute approximate surface area is 193 Å². The van der Waals surface area contributed by atoms with E-state index in [4.69, 9.17) is 4.74 Å². The van der Waals surface area contributed by atoms with Crippen LogP contribution in [0.3, 0.4) is 0 Å². The molecule has 0 bridgehead atoms. The van der Waals surface area contributed by atoms with Gasteiger partial charge in [-0.05, 0) is 65.0 Å². The summed E-state index contributed by atoms with van der Waals surface area (Å²) in [6.07, 6.45) is 3.65. The number of piperidine rings is 1. The number of carbonyl (C=O) groups excluding carboxylic acids is 4. The molecule has 2 heterocycles. The van der Waals surface area contributed by atoms with E-state index in [1.165, 1.54) is 0 Å². The first-order valence-corrected chi connectivity index (χ1v) is 11.6. The van der Waals surface area contributed by atoms with E-state index in [2.05, 4.69) is 16.0 Å². The molecule has 1 aromatic rings. The Kier molecular flexibility index (Phi) is 6.32. The molecule has 9 heteroatoms. The molecule has 2 aliphatic heterocycles. The van der Waals surface area contributed by atoms with Crippen molar-refractivity contribution >= 4 is 29.5 Å². The highest BCUT2D eigenvalue weighted by molar-refractivity contribution is 6.06. The van der Waals surface area contributed by atoms with E-state index >= 15 is 0 Å². The molecular formula is C24H32N4O5. The number of fused-ring (bicyclic) bond motifs is 1. The Hall–Kier alpha value is -3.10. The Bertz CT molecular complexity index is 962. The summed E-state index contributed by atoms with van der Waals surface area (Å²) >= 11 is 0. The van der Waals surface area contributed by atoms with Gasteiger partial charge >= 0.3 is 6.09 Å². The number of carbonyl (C=O) groups is 4. The van der Waals surface area contributed by atoms with E-state index < -0.39 is 17.6 Å². The van der Waals surface area contributed by atoms with Gasteiger partial charge in [0.15, 0.2) is 0 Å². The second-order valence-corrected chi connectivity index (χ2v) is 10.1. The minimum absolute atomic E-state index is 0.0870. The summed E-state index contributed by atoms with van der Waals surface area (Å²) in [5.41, 5.74) is 1.88. The molecule has 1 unspecified atom stereocenters. The molecule has 1 aliphatic carbocycles. The molecule has 0 aromatic heterocycles. The predicted octanol–water partition coefficient (Wildman–Crippen LogP) is 2.70. The van der Waals surface area contributed by atoms with Crippen LogP contribution < -0.4 is 16.0 Å². The third-order valence-electron chi connectivity index (χ3n) is 6.39. The fraction of sp³-hybridized carbons (Fsp3) is 0.583. The van der Waals surface area contributed by atoms with Crippen LogP contribution in [0, 0.1) is 0 Å². The van der Waals surface area contributed by atoms with E-state index in [9.17, 15) is 19.2 Å². The number of benzene rings is 1. The van der Waals surface area contributed by atoms with Crippen molar-refractivity contribution in [3.05, 3.63) is 29.3 Å². The molecule has 2 fully saturated rings. The molecule has 178 valence electrons. The van der Waals surface area contributed by atoms with Gasteiger partial charge in [0.25, 0.3) is 5.91 Å². The average molecular weight is 457 g/mol. The zero-order valence-corrected chi connectivity index (χ0v) is 19.4. The van der Waals surface area contributed by atoms with E-state index in [0.29, 0.717) is 18.5 Å². The van der Waals surface area contributed by atoms with Gasteiger partial charge in [-0.2, -0.15) is 0 Å². The number of hydrogen-bond acceptors (Lipinski definition) is 6. The minimum Gasteiger partial charge on any atom is -0.444 e. The molecule has 0 spiro atoms. The molecule has 0 radical (unpaired) electrons. The van der Waals surface area contributed by atoms with Crippen LogP contribution in [0.2, 0.25) is 0 Å². The standard InChI is InChI=1S/C24H32N4O5/c1-24(2,3)33-23(32)26-15-9-7-14(8-10-15)25-18-6-4-5-16-17(18)13-28(22(16)31)19-11-12-20(29)27-21(19)30/h4-6,14-15,19,25H,7-13H2,1-3H3,(H,26,32)(H,27,29,30). The van der Waals surface area contributed by atoms with Gasteiger partial charge in [-0.15, -0.1) is 0 Å². The van der Waals surface area contributed by atoms with Gasteiger partial charge in [0, 0.05) is 41.9 Å². The molecule has 3 aliphatic rings. The lowest BCUT2D eigenvalue weighted by molar-refractivity contribution is -0.136. The molecule has 1 atom stereocenters. The first kappa shape index (κ1) is 23.1. The lowest BCUT2D eigenvalue weighted by atomic mass is 9.91. The highest BCUT2D eigenvalue weighted by Crippen LogP contribution is 2.34. The van der Waals surface area contributed by atoms with Crippen molar-refractivity contribution in [1.82, 2.24) is 15.5 Å². The van der Waals surface area contributed by atoms with E-state index in [0.717, 1.165) is 36.9 Å². The van der Waals surface area contributed by atoms with E-state index in [-0.39, 0.29) is 36.4 Å². The van der Waals surface area contributed by atoms with Gasteiger partial charge in [0.05, 0.1) is 0 Å². The molecule has 33 heavy (non-hydrogen) atoms. The molecule has 1 saturated heterocycles. The van der Waals surface area contributed by atoms with Gasteiger partial charge in [-0.3, -0.25) is 19.7 Å². The van der Waals surface area contributed by atoms with Crippen molar-refractivity contribution in [2.75, 3.05) is 5.32 Å². The fourth-order valence-electron chi connectivity index (χ4n) is 4.80. The highest BCUT2D eigenvalue weighted by Gasteiger charge is 2.40. The lowest BCUT2D eigenvalue weighted by Gasteiger charge is -2.31. The summed E-state index contributed by atoms with van der Waals surface area (Å²) in [5, 5.41) is 8.87. The molecule has 1 saturated carbocycles. The first-order valence-electron chi connectivity index (χ1n) is 11.6. The van der Waals surface area contributed by atoms with Crippen LogP contribution in [-0.4, -0.2) is 52.4 Å². The Balaban J connectivity index is 1.36. The number of ether oxygens (including phenoxy) is 1. The third kappa shape index (κ3) is 5.29. The highest BCUT2D eigenvalue weighted by atomic mass is 16.6. The monoisotopic (exact) mass is 456 g/mol. The quantitative estimate of drug-likeness (QED) is 0.600. The van der Waals surface area contributed by atoms with Crippen molar-refractivity contribution in [1.29, 1.82) is 0 Å². The maximum atomic E-state index is 13.0. The minimum atomic E-state index is -0.621. The average Bonchev–Trinajstić information content (AvgIpc) is 3.06. The van der Waals surface area contributed by atoms with Crippen molar-refractivity contribution in [2.45, 2.75) is 89.6 Å². The van der Waals surface area contributed by atoms with Crippen LogP contribution in [-0.2, 0) is 20.9 Å². The molecule has 4 amide bonds. The number of alkyl carbamates (subject to hydrolysis) is 1. The third-order valence-corrected chi connectivity index (χ3v) is 6.39. The molecular weight excluding hydrogens is 424 g/mol. The smallest absolute Gasteiger partial charge is 0.407 e. The number of anilines is 1. The zero-order chi connectivity index (χ0) is 23.8. The van der Waals surface area contributed by atoms with Crippen molar-refractivity contribution in [3.8, 4) is 0 Å². The van der Waals surface area contributed by atoms with Crippen LogP contribution in [0.1, 0.15) is 75.2 Å². The second kappa shape index (κ2) is 9.03. The Morgan fingerprint density at radius 3 is 2.42 bits per heavy atom. The van der Waals surface area contributed by atoms with Crippen LogP contribution in [0.4, 0.5) is 10.5 Å².